The first-order valence-electron chi connectivity index (χ1n) is 6.25. The van der Waals surface area contributed by atoms with Gasteiger partial charge in [0.1, 0.15) is 11.4 Å². The molecule has 0 saturated carbocycles. The number of hydrogen-bond donors (Lipinski definition) is 2. The molecule has 6 heteroatoms. The van der Waals surface area contributed by atoms with Crippen LogP contribution in [0.25, 0.3) is 11.3 Å². The van der Waals surface area contributed by atoms with Crippen LogP contribution in [0, 0.1) is 0 Å². The lowest BCUT2D eigenvalue weighted by Gasteiger charge is -2.11. The number of H-pyrrole nitrogens is 1. The minimum atomic E-state index is -0.481. The average molecular weight is 288 g/mol. The van der Waals surface area contributed by atoms with Crippen LogP contribution < -0.4 is 0 Å². The number of hydrogen-bond acceptors (Lipinski definition) is 4. The van der Waals surface area contributed by atoms with Gasteiger partial charge >= 0.3 is 5.97 Å². The van der Waals surface area contributed by atoms with Gasteiger partial charge in [0.25, 0.3) is 5.91 Å². The highest BCUT2D eigenvalue weighted by molar-refractivity contribution is 5.96. The van der Waals surface area contributed by atoms with E-state index in [0.717, 1.165) is 0 Å². The summed E-state index contributed by atoms with van der Waals surface area (Å²) < 4.78 is 4.62. The van der Waals surface area contributed by atoms with Gasteiger partial charge in [0.05, 0.1) is 7.11 Å². The van der Waals surface area contributed by atoms with Gasteiger partial charge in [0.15, 0.2) is 0 Å². The monoisotopic (exact) mass is 288 g/mol. The maximum atomic E-state index is 12.0. The number of ether oxygens (including phenoxy) is 1. The zero-order valence-electron chi connectivity index (χ0n) is 12.0. The third-order valence-corrected chi connectivity index (χ3v) is 2.97. The Balaban J connectivity index is 2.42. The first kappa shape index (κ1) is 14.6. The molecule has 0 aliphatic heterocycles. The molecule has 0 bridgehead atoms. The Morgan fingerprint density at radius 2 is 1.90 bits per heavy atom. The summed E-state index contributed by atoms with van der Waals surface area (Å²) >= 11 is 0. The van der Waals surface area contributed by atoms with Crippen LogP contribution in [0.4, 0.5) is 0 Å². The standard InChI is InChI=1S/C15H16N2O4/c1-17(2)14(19)10-6-9(7-11(18)8-10)12-4-5-13(16-12)15(20)21-3/h4-8,16,18H,1-3H3. The number of methoxy groups -OCH3 is 1. The van der Waals surface area contributed by atoms with Gasteiger partial charge in [-0.1, -0.05) is 0 Å². The second-order valence-corrected chi connectivity index (χ2v) is 4.75. The van der Waals surface area contributed by atoms with Gasteiger partial charge in [-0.3, -0.25) is 4.79 Å². The van der Waals surface area contributed by atoms with Gasteiger partial charge < -0.3 is 19.7 Å². The van der Waals surface area contributed by atoms with Crippen molar-refractivity contribution >= 4 is 11.9 Å². The molecular weight excluding hydrogens is 272 g/mol. The number of benzene rings is 1. The van der Waals surface area contributed by atoms with Gasteiger partial charge in [-0.2, -0.15) is 0 Å². The molecule has 0 radical (unpaired) electrons. The van der Waals surface area contributed by atoms with Gasteiger partial charge in [-0.15, -0.1) is 0 Å². The van der Waals surface area contributed by atoms with Crippen LogP contribution in [-0.2, 0) is 4.74 Å². The first-order valence-corrected chi connectivity index (χ1v) is 6.25. The summed E-state index contributed by atoms with van der Waals surface area (Å²) in [5, 5.41) is 9.77. The van der Waals surface area contributed by atoms with Crippen LogP contribution in [-0.4, -0.2) is 48.1 Å². The Morgan fingerprint density at radius 1 is 1.19 bits per heavy atom. The maximum absolute atomic E-state index is 12.0. The summed E-state index contributed by atoms with van der Waals surface area (Å²) in [6.45, 7) is 0. The van der Waals surface area contributed by atoms with Crippen LogP contribution in [0.1, 0.15) is 20.8 Å². The van der Waals surface area contributed by atoms with Crippen molar-refractivity contribution in [1.82, 2.24) is 9.88 Å². The summed E-state index contributed by atoms with van der Waals surface area (Å²) in [6.07, 6.45) is 0. The Hall–Kier alpha value is -2.76. The van der Waals surface area contributed by atoms with Crippen LogP contribution in [0.2, 0.25) is 0 Å². The average Bonchev–Trinajstić information content (AvgIpc) is 2.94. The van der Waals surface area contributed by atoms with E-state index in [0.29, 0.717) is 22.5 Å². The Morgan fingerprint density at radius 3 is 2.52 bits per heavy atom. The van der Waals surface area contributed by atoms with E-state index in [1.54, 1.807) is 32.3 Å². The van der Waals surface area contributed by atoms with Gasteiger partial charge in [0.2, 0.25) is 0 Å². The van der Waals surface area contributed by atoms with E-state index < -0.39 is 5.97 Å². The second-order valence-electron chi connectivity index (χ2n) is 4.75. The van der Waals surface area contributed by atoms with Crippen molar-refractivity contribution in [3.05, 3.63) is 41.6 Å². The van der Waals surface area contributed by atoms with Crippen molar-refractivity contribution < 1.29 is 19.4 Å². The van der Waals surface area contributed by atoms with E-state index >= 15 is 0 Å². The molecule has 0 spiro atoms. The molecule has 1 heterocycles. The fourth-order valence-corrected chi connectivity index (χ4v) is 1.94. The van der Waals surface area contributed by atoms with Crippen LogP contribution in [0.3, 0.4) is 0 Å². The molecule has 0 fully saturated rings. The first-order chi connectivity index (χ1) is 9.92. The Labute approximate surface area is 122 Å². The summed E-state index contributed by atoms with van der Waals surface area (Å²) in [4.78, 5) is 27.7. The second kappa shape index (κ2) is 5.70. The number of rotatable bonds is 3. The third-order valence-electron chi connectivity index (χ3n) is 2.97. The van der Waals surface area contributed by atoms with Crippen molar-refractivity contribution in [2.75, 3.05) is 21.2 Å². The molecule has 0 unspecified atom stereocenters. The fraction of sp³-hybridized carbons (Fsp3) is 0.200. The zero-order valence-corrected chi connectivity index (χ0v) is 12.0. The SMILES string of the molecule is COC(=O)c1ccc(-c2cc(O)cc(C(=O)N(C)C)c2)[nH]1. The highest BCUT2D eigenvalue weighted by atomic mass is 16.5. The molecule has 0 aliphatic carbocycles. The van der Waals surface area contributed by atoms with E-state index in [9.17, 15) is 14.7 Å². The van der Waals surface area contributed by atoms with Crippen LogP contribution in [0.15, 0.2) is 30.3 Å². The van der Waals surface area contributed by atoms with Gasteiger partial charge in [-0.25, -0.2) is 4.79 Å². The molecule has 110 valence electrons. The van der Waals surface area contributed by atoms with E-state index in [1.165, 1.54) is 24.1 Å². The van der Waals surface area contributed by atoms with Crippen LogP contribution in [0.5, 0.6) is 5.75 Å². The topological polar surface area (TPSA) is 82.6 Å². The zero-order chi connectivity index (χ0) is 15.6. The minimum absolute atomic E-state index is 0.0214. The van der Waals surface area contributed by atoms with Crippen molar-refractivity contribution in [3.8, 4) is 17.0 Å². The molecule has 0 saturated heterocycles. The number of nitrogens with one attached hydrogen (secondary N) is 1. The molecule has 1 amide bonds. The molecule has 0 aliphatic rings. The molecule has 2 rings (SSSR count). The number of phenols is 1. The van der Waals surface area contributed by atoms with E-state index in [2.05, 4.69) is 9.72 Å². The molecule has 1 aromatic heterocycles. The van der Waals surface area contributed by atoms with Gasteiger partial charge in [0, 0.05) is 30.9 Å². The number of nitrogens with zero attached hydrogens (tertiary/aromatic N) is 1. The predicted octanol–water partition coefficient (Wildman–Crippen LogP) is 1.88. The maximum Gasteiger partial charge on any atom is 0.354 e. The normalized spacial score (nSPS) is 10.2. The number of phenolic OH excluding ortho intramolecular Hbond substituents is 1. The molecule has 6 nitrogen and oxygen atoms in total. The van der Waals surface area contributed by atoms with E-state index in [1.807, 2.05) is 0 Å². The number of amides is 1. The van der Waals surface area contributed by atoms with E-state index in [4.69, 9.17) is 0 Å². The van der Waals surface area contributed by atoms with Crippen molar-refractivity contribution in [2.24, 2.45) is 0 Å². The minimum Gasteiger partial charge on any atom is -0.508 e. The third kappa shape index (κ3) is 3.05. The molecule has 1 aromatic carbocycles. The number of carbonyl (C=O) groups excluding carboxylic acids is 2. The number of esters is 1. The number of aromatic amines is 1. The molecule has 2 aromatic rings. The Bertz CT molecular complexity index is 689. The molecule has 2 N–H and O–H groups in total. The summed E-state index contributed by atoms with van der Waals surface area (Å²) in [5.74, 6) is -0.718. The number of carbonyl (C=O) groups is 2. The van der Waals surface area contributed by atoms with Crippen LogP contribution >= 0.6 is 0 Å². The summed E-state index contributed by atoms with van der Waals surface area (Å²) in [5.41, 5.74) is 1.88. The lowest BCUT2D eigenvalue weighted by molar-refractivity contribution is 0.0594. The van der Waals surface area contributed by atoms with E-state index in [-0.39, 0.29) is 11.7 Å². The molecular formula is C15H16N2O4. The Kier molecular flexibility index (Phi) is 3.98. The van der Waals surface area contributed by atoms with Crippen molar-refractivity contribution in [2.45, 2.75) is 0 Å². The van der Waals surface area contributed by atoms with Crippen molar-refractivity contribution in [3.63, 3.8) is 0 Å². The highest BCUT2D eigenvalue weighted by Gasteiger charge is 2.14. The van der Waals surface area contributed by atoms with Gasteiger partial charge in [-0.05, 0) is 30.3 Å². The lowest BCUT2D eigenvalue weighted by Crippen LogP contribution is -2.21. The highest BCUT2D eigenvalue weighted by Crippen LogP contribution is 2.25. The molecule has 21 heavy (non-hydrogen) atoms. The summed E-state index contributed by atoms with van der Waals surface area (Å²) in [7, 11) is 4.57. The predicted molar refractivity (Wildman–Crippen MR) is 77.3 cm³/mol. The molecule has 0 atom stereocenters. The largest absolute Gasteiger partial charge is 0.508 e. The smallest absolute Gasteiger partial charge is 0.354 e. The quantitative estimate of drug-likeness (QED) is 0.845. The number of aromatic nitrogens is 1. The lowest BCUT2D eigenvalue weighted by atomic mass is 10.1. The summed E-state index contributed by atoms with van der Waals surface area (Å²) in [6, 6.07) is 7.83. The fourth-order valence-electron chi connectivity index (χ4n) is 1.94. The number of aromatic hydroxyl groups is 1. The van der Waals surface area contributed by atoms with Crippen molar-refractivity contribution in [1.29, 1.82) is 0 Å².